The molecule has 2 rings (SSSR count). The van der Waals surface area contributed by atoms with E-state index in [1.165, 1.54) is 6.07 Å². The van der Waals surface area contributed by atoms with Crippen LogP contribution in [-0.4, -0.2) is 5.11 Å². The van der Waals surface area contributed by atoms with Crippen molar-refractivity contribution < 1.29 is 9.50 Å². The average Bonchev–Trinajstić information content (AvgIpc) is 2.36. The summed E-state index contributed by atoms with van der Waals surface area (Å²) in [6, 6.07) is 10.1. The van der Waals surface area contributed by atoms with Crippen LogP contribution < -0.4 is 0 Å². The second-order valence-electron chi connectivity index (χ2n) is 4.10. The maximum absolute atomic E-state index is 13.4. The van der Waals surface area contributed by atoms with Crippen LogP contribution in [0.2, 0.25) is 5.02 Å². The lowest BCUT2D eigenvalue weighted by atomic mass is 10.0. The zero-order chi connectivity index (χ0) is 14.0. The van der Waals surface area contributed by atoms with Crippen LogP contribution in [0.5, 0.6) is 0 Å². The molecule has 5 heteroatoms. The Labute approximate surface area is 132 Å². The highest BCUT2D eigenvalue weighted by atomic mass is 79.9. The van der Waals surface area contributed by atoms with Crippen molar-refractivity contribution in [1.82, 2.24) is 0 Å². The number of hydrogen-bond donors (Lipinski definition) is 1. The van der Waals surface area contributed by atoms with Gasteiger partial charge in [0.25, 0.3) is 0 Å². The quantitative estimate of drug-likeness (QED) is 0.733. The van der Waals surface area contributed by atoms with Crippen molar-refractivity contribution in [2.45, 2.75) is 12.5 Å². The molecule has 1 N–H and O–H groups in total. The molecule has 0 saturated carbocycles. The van der Waals surface area contributed by atoms with Crippen LogP contribution in [0.1, 0.15) is 17.2 Å². The maximum Gasteiger partial charge on any atom is 0.137 e. The molecule has 0 aliphatic carbocycles. The third-order valence-electron chi connectivity index (χ3n) is 2.77. The van der Waals surface area contributed by atoms with Gasteiger partial charge in [0.05, 0.1) is 10.6 Å². The number of rotatable bonds is 3. The molecule has 1 nitrogen and oxygen atoms in total. The first-order valence-electron chi connectivity index (χ1n) is 5.55. The number of aliphatic hydroxyl groups excluding tert-OH is 1. The Bertz CT molecular complexity index is 604. The van der Waals surface area contributed by atoms with Crippen molar-refractivity contribution in [3.05, 3.63) is 67.3 Å². The Hall–Kier alpha value is -0.420. The van der Waals surface area contributed by atoms with Gasteiger partial charge in [-0.1, -0.05) is 45.7 Å². The molecule has 0 bridgehead atoms. The van der Waals surface area contributed by atoms with Gasteiger partial charge >= 0.3 is 0 Å². The van der Waals surface area contributed by atoms with E-state index in [4.69, 9.17) is 11.6 Å². The van der Waals surface area contributed by atoms with Crippen LogP contribution in [0.3, 0.4) is 0 Å². The van der Waals surface area contributed by atoms with E-state index in [0.717, 1.165) is 10.0 Å². The summed E-state index contributed by atoms with van der Waals surface area (Å²) in [5.74, 6) is -0.390. The smallest absolute Gasteiger partial charge is 0.137 e. The minimum atomic E-state index is -0.816. The molecule has 1 atom stereocenters. The molecule has 0 aliphatic rings. The minimum absolute atomic E-state index is 0.288. The molecular formula is C14H10Br2ClFO. The summed E-state index contributed by atoms with van der Waals surface area (Å²) < 4.78 is 14.6. The van der Waals surface area contributed by atoms with E-state index in [1.807, 2.05) is 12.1 Å². The largest absolute Gasteiger partial charge is 0.388 e. The monoisotopic (exact) mass is 406 g/mol. The van der Waals surface area contributed by atoms with Crippen molar-refractivity contribution in [3.63, 3.8) is 0 Å². The maximum atomic E-state index is 13.4. The summed E-state index contributed by atoms with van der Waals surface area (Å²) in [5.41, 5.74) is 1.33. The zero-order valence-corrected chi connectivity index (χ0v) is 13.6. The van der Waals surface area contributed by atoms with Gasteiger partial charge in [-0.2, -0.15) is 0 Å². The molecule has 0 heterocycles. The van der Waals surface area contributed by atoms with Crippen molar-refractivity contribution in [1.29, 1.82) is 0 Å². The summed E-state index contributed by atoms with van der Waals surface area (Å²) >= 11 is 12.6. The van der Waals surface area contributed by atoms with Crippen LogP contribution in [0, 0.1) is 5.82 Å². The first kappa shape index (κ1) is 15.0. The van der Waals surface area contributed by atoms with E-state index in [1.54, 1.807) is 18.2 Å². The fourth-order valence-corrected chi connectivity index (χ4v) is 3.06. The molecule has 100 valence electrons. The van der Waals surface area contributed by atoms with E-state index < -0.39 is 11.9 Å². The highest BCUT2D eigenvalue weighted by Crippen LogP contribution is 2.30. The molecular weight excluding hydrogens is 398 g/mol. The molecule has 0 spiro atoms. The summed E-state index contributed by atoms with van der Waals surface area (Å²) in [6.45, 7) is 0. The lowest BCUT2D eigenvalue weighted by molar-refractivity contribution is 0.177. The van der Waals surface area contributed by atoms with Crippen LogP contribution in [0.25, 0.3) is 0 Å². The van der Waals surface area contributed by atoms with Gasteiger partial charge in [0.1, 0.15) is 5.82 Å². The second-order valence-corrected chi connectivity index (χ2v) is 6.21. The van der Waals surface area contributed by atoms with Gasteiger partial charge in [-0.25, -0.2) is 4.39 Å². The third-order valence-corrected chi connectivity index (χ3v) is 4.45. The number of benzene rings is 2. The molecule has 0 amide bonds. The number of aliphatic hydroxyl groups is 1. The van der Waals surface area contributed by atoms with E-state index in [0.29, 0.717) is 17.0 Å². The summed E-state index contributed by atoms with van der Waals surface area (Å²) in [7, 11) is 0. The van der Waals surface area contributed by atoms with Gasteiger partial charge < -0.3 is 5.11 Å². The zero-order valence-electron chi connectivity index (χ0n) is 9.71. The lowest BCUT2D eigenvalue weighted by Gasteiger charge is -2.14. The van der Waals surface area contributed by atoms with Crippen LogP contribution in [-0.2, 0) is 6.42 Å². The van der Waals surface area contributed by atoms with E-state index in [9.17, 15) is 9.50 Å². The Balaban J connectivity index is 2.25. The Morgan fingerprint density at radius 3 is 2.63 bits per heavy atom. The molecule has 2 aromatic rings. The predicted octanol–water partition coefficient (Wildman–Crippen LogP) is 5.28. The highest BCUT2D eigenvalue weighted by molar-refractivity contribution is 9.10. The number of hydrogen-bond acceptors (Lipinski definition) is 1. The van der Waals surface area contributed by atoms with Gasteiger partial charge in [0, 0.05) is 15.9 Å². The summed E-state index contributed by atoms with van der Waals surface area (Å²) in [4.78, 5) is 0. The van der Waals surface area contributed by atoms with E-state index >= 15 is 0 Å². The lowest BCUT2D eigenvalue weighted by Crippen LogP contribution is -2.04. The Kier molecular flexibility index (Phi) is 5.01. The van der Waals surface area contributed by atoms with Crippen molar-refractivity contribution in [2.24, 2.45) is 0 Å². The van der Waals surface area contributed by atoms with Gasteiger partial charge in [0.2, 0.25) is 0 Å². The van der Waals surface area contributed by atoms with Crippen molar-refractivity contribution >= 4 is 43.5 Å². The topological polar surface area (TPSA) is 20.2 Å². The highest BCUT2D eigenvalue weighted by Gasteiger charge is 2.15. The van der Waals surface area contributed by atoms with Gasteiger partial charge in [0.15, 0.2) is 0 Å². The van der Waals surface area contributed by atoms with Crippen LogP contribution >= 0.6 is 43.5 Å². The molecule has 19 heavy (non-hydrogen) atoms. The second kappa shape index (κ2) is 6.35. The molecule has 1 unspecified atom stereocenters. The predicted molar refractivity (Wildman–Crippen MR) is 81.9 cm³/mol. The van der Waals surface area contributed by atoms with E-state index in [-0.39, 0.29) is 4.47 Å². The SMILES string of the molecule is OC(Cc1ccc(Br)cc1Cl)c1cccc(F)c1Br. The Morgan fingerprint density at radius 1 is 1.21 bits per heavy atom. The van der Waals surface area contributed by atoms with Crippen molar-refractivity contribution in [2.75, 3.05) is 0 Å². The standard InChI is InChI=1S/C14H10Br2ClFO/c15-9-5-4-8(11(17)7-9)6-13(19)10-2-1-3-12(18)14(10)16/h1-5,7,13,19H,6H2. The van der Waals surface area contributed by atoms with E-state index in [2.05, 4.69) is 31.9 Å². The fraction of sp³-hybridized carbons (Fsp3) is 0.143. The Morgan fingerprint density at radius 2 is 1.95 bits per heavy atom. The molecule has 2 aromatic carbocycles. The summed E-state index contributed by atoms with van der Waals surface area (Å²) in [5, 5.41) is 10.8. The molecule has 0 radical (unpaired) electrons. The minimum Gasteiger partial charge on any atom is -0.388 e. The number of halogens is 4. The third kappa shape index (κ3) is 3.57. The average molecular weight is 408 g/mol. The summed E-state index contributed by atoms with van der Waals surface area (Å²) in [6.07, 6.45) is -0.488. The first-order chi connectivity index (χ1) is 8.99. The molecule has 0 aliphatic heterocycles. The molecule has 0 saturated heterocycles. The first-order valence-corrected chi connectivity index (χ1v) is 7.51. The van der Waals surface area contributed by atoms with Crippen LogP contribution in [0.15, 0.2) is 45.3 Å². The van der Waals surface area contributed by atoms with Gasteiger partial charge in [-0.15, -0.1) is 0 Å². The normalized spacial score (nSPS) is 12.5. The molecule has 0 aromatic heterocycles. The van der Waals surface area contributed by atoms with Crippen LogP contribution in [0.4, 0.5) is 4.39 Å². The van der Waals surface area contributed by atoms with Gasteiger partial charge in [-0.05, 0) is 45.3 Å². The van der Waals surface area contributed by atoms with Gasteiger partial charge in [-0.3, -0.25) is 0 Å². The fourth-order valence-electron chi connectivity index (χ4n) is 1.78. The van der Waals surface area contributed by atoms with Crippen molar-refractivity contribution in [3.8, 4) is 0 Å². The molecule has 0 fully saturated rings.